The summed E-state index contributed by atoms with van der Waals surface area (Å²) in [6.45, 7) is 7.24. The summed E-state index contributed by atoms with van der Waals surface area (Å²) in [4.78, 5) is 21.3. The Labute approximate surface area is 83.2 Å². The molecule has 14 heavy (non-hydrogen) atoms. The van der Waals surface area contributed by atoms with E-state index < -0.39 is 17.5 Å². The molecule has 0 aliphatic rings. The van der Waals surface area contributed by atoms with Crippen LogP contribution in [0, 0.1) is 11.8 Å². The third-order valence-corrected chi connectivity index (χ3v) is 2.51. The van der Waals surface area contributed by atoms with E-state index in [-0.39, 0.29) is 11.8 Å². The summed E-state index contributed by atoms with van der Waals surface area (Å²) >= 11 is 0. The van der Waals surface area contributed by atoms with Gasteiger partial charge >= 0.3 is 11.9 Å². The summed E-state index contributed by atoms with van der Waals surface area (Å²) < 4.78 is 0. The van der Waals surface area contributed by atoms with Crippen LogP contribution >= 0.6 is 0 Å². The van der Waals surface area contributed by atoms with Crippen molar-refractivity contribution in [3.63, 3.8) is 0 Å². The molecule has 80 valence electrons. The van der Waals surface area contributed by atoms with E-state index in [0.717, 1.165) is 0 Å². The van der Waals surface area contributed by atoms with Gasteiger partial charge in [-0.15, -0.1) is 0 Å². The van der Waals surface area contributed by atoms with Gasteiger partial charge in [-0.25, -0.2) is 9.59 Å². The maximum absolute atomic E-state index is 10.7. The molecular formula is C10H16O4. The topological polar surface area (TPSA) is 74.6 Å². The Balaban J connectivity index is 5.20. The van der Waals surface area contributed by atoms with Gasteiger partial charge in [0.2, 0.25) is 0 Å². The van der Waals surface area contributed by atoms with Crippen LogP contribution in [0.15, 0.2) is 11.1 Å². The maximum Gasteiger partial charge on any atom is 0.343 e. The molecule has 4 heteroatoms. The molecule has 0 amide bonds. The maximum atomic E-state index is 10.7. The zero-order valence-corrected chi connectivity index (χ0v) is 8.87. The highest BCUT2D eigenvalue weighted by molar-refractivity contribution is 6.13. The van der Waals surface area contributed by atoms with Crippen molar-refractivity contribution >= 4 is 11.9 Å². The molecule has 0 aromatic rings. The fraction of sp³-hybridized carbons (Fsp3) is 0.600. The summed E-state index contributed by atoms with van der Waals surface area (Å²) in [6.07, 6.45) is 0. The highest BCUT2D eigenvalue weighted by Gasteiger charge is 2.23. The molecule has 0 saturated carbocycles. The lowest BCUT2D eigenvalue weighted by Gasteiger charge is -2.17. The summed E-state index contributed by atoms with van der Waals surface area (Å²) in [5.41, 5.74) is -0.0915. The number of hydrogen-bond acceptors (Lipinski definition) is 2. The third kappa shape index (κ3) is 2.87. The average molecular weight is 200 g/mol. The zero-order chi connectivity index (χ0) is 11.5. The van der Waals surface area contributed by atoms with E-state index in [0.29, 0.717) is 5.57 Å². The Morgan fingerprint density at radius 1 is 1.00 bits per heavy atom. The molecule has 0 aliphatic heterocycles. The number of carbonyl (C=O) groups is 2. The fourth-order valence-corrected chi connectivity index (χ4v) is 1.16. The molecule has 0 spiro atoms. The van der Waals surface area contributed by atoms with Crippen molar-refractivity contribution in [2.75, 3.05) is 0 Å². The van der Waals surface area contributed by atoms with Gasteiger partial charge in [-0.2, -0.15) is 0 Å². The highest BCUT2D eigenvalue weighted by atomic mass is 16.4. The molecule has 2 N–H and O–H groups in total. The van der Waals surface area contributed by atoms with Crippen LogP contribution in [0.5, 0.6) is 0 Å². The van der Waals surface area contributed by atoms with Crippen molar-refractivity contribution in [1.82, 2.24) is 0 Å². The lowest BCUT2D eigenvalue weighted by molar-refractivity contribution is -0.140. The molecule has 1 unspecified atom stereocenters. The Kier molecular flexibility index (Phi) is 4.34. The first-order valence-corrected chi connectivity index (χ1v) is 4.46. The van der Waals surface area contributed by atoms with Gasteiger partial charge < -0.3 is 10.2 Å². The molecule has 0 aromatic carbocycles. The molecular weight excluding hydrogens is 184 g/mol. The minimum Gasteiger partial charge on any atom is -0.477 e. The van der Waals surface area contributed by atoms with Gasteiger partial charge in [0.1, 0.15) is 5.57 Å². The lowest BCUT2D eigenvalue weighted by atomic mass is 9.88. The van der Waals surface area contributed by atoms with Gasteiger partial charge in [0.25, 0.3) is 0 Å². The number of aliphatic carboxylic acids is 2. The first kappa shape index (κ1) is 12.7. The van der Waals surface area contributed by atoms with Crippen molar-refractivity contribution in [3.8, 4) is 0 Å². The predicted octanol–water partition coefficient (Wildman–Crippen LogP) is 1.76. The molecule has 0 aromatic heterocycles. The van der Waals surface area contributed by atoms with E-state index in [1.165, 1.54) is 0 Å². The van der Waals surface area contributed by atoms with Gasteiger partial charge in [0.05, 0.1) is 0 Å². The molecule has 0 radical (unpaired) electrons. The van der Waals surface area contributed by atoms with Crippen molar-refractivity contribution in [3.05, 3.63) is 11.1 Å². The fourth-order valence-electron chi connectivity index (χ4n) is 1.16. The van der Waals surface area contributed by atoms with Crippen molar-refractivity contribution in [1.29, 1.82) is 0 Å². The summed E-state index contributed by atoms with van der Waals surface area (Å²) in [5, 5.41) is 17.4. The molecule has 0 heterocycles. The highest BCUT2D eigenvalue weighted by Crippen LogP contribution is 2.22. The molecule has 0 saturated heterocycles. The minimum absolute atomic E-state index is 0.0443. The predicted molar refractivity (Wildman–Crippen MR) is 52.0 cm³/mol. The largest absolute Gasteiger partial charge is 0.477 e. The summed E-state index contributed by atoms with van der Waals surface area (Å²) in [7, 11) is 0. The number of allylic oxidation sites excluding steroid dienone is 1. The van der Waals surface area contributed by atoms with Crippen LogP contribution in [0.2, 0.25) is 0 Å². The van der Waals surface area contributed by atoms with E-state index in [1.807, 2.05) is 20.8 Å². The van der Waals surface area contributed by atoms with Gasteiger partial charge in [0, 0.05) is 0 Å². The van der Waals surface area contributed by atoms with Crippen LogP contribution in [0.1, 0.15) is 27.7 Å². The second kappa shape index (κ2) is 4.79. The van der Waals surface area contributed by atoms with E-state index in [9.17, 15) is 9.59 Å². The number of rotatable bonds is 4. The lowest BCUT2D eigenvalue weighted by Crippen LogP contribution is -2.18. The Morgan fingerprint density at radius 2 is 1.36 bits per heavy atom. The molecule has 0 rings (SSSR count). The minimum atomic E-state index is -1.37. The number of carboxylic acid groups (broad SMARTS) is 2. The van der Waals surface area contributed by atoms with E-state index >= 15 is 0 Å². The standard InChI is InChI=1S/C10H16O4/c1-5(2)6(3)7(4)8(9(11)12)10(13)14/h5-6H,1-4H3,(H,11,12)(H,13,14). The third-order valence-electron chi connectivity index (χ3n) is 2.51. The van der Waals surface area contributed by atoms with Crippen molar-refractivity contribution in [2.24, 2.45) is 11.8 Å². The summed E-state index contributed by atoms with van der Waals surface area (Å²) in [5.74, 6) is -2.56. The van der Waals surface area contributed by atoms with Crippen LogP contribution in [0.3, 0.4) is 0 Å². The van der Waals surface area contributed by atoms with E-state index in [4.69, 9.17) is 10.2 Å². The first-order valence-electron chi connectivity index (χ1n) is 4.46. The van der Waals surface area contributed by atoms with Crippen molar-refractivity contribution in [2.45, 2.75) is 27.7 Å². The number of hydrogen-bond donors (Lipinski definition) is 2. The zero-order valence-electron chi connectivity index (χ0n) is 8.87. The van der Waals surface area contributed by atoms with Gasteiger partial charge in [-0.05, 0) is 24.3 Å². The second-order valence-electron chi connectivity index (χ2n) is 3.70. The molecule has 1 atom stereocenters. The van der Waals surface area contributed by atoms with E-state index in [2.05, 4.69) is 0 Å². The van der Waals surface area contributed by atoms with Crippen LogP contribution in [-0.2, 0) is 9.59 Å². The monoisotopic (exact) mass is 200 g/mol. The summed E-state index contributed by atoms with van der Waals surface area (Å²) in [6, 6.07) is 0. The smallest absolute Gasteiger partial charge is 0.343 e. The van der Waals surface area contributed by atoms with E-state index in [1.54, 1.807) is 6.92 Å². The van der Waals surface area contributed by atoms with Crippen LogP contribution < -0.4 is 0 Å². The van der Waals surface area contributed by atoms with Crippen molar-refractivity contribution < 1.29 is 19.8 Å². The normalized spacial score (nSPS) is 12.4. The van der Waals surface area contributed by atoms with Gasteiger partial charge in [0.15, 0.2) is 0 Å². The second-order valence-corrected chi connectivity index (χ2v) is 3.70. The van der Waals surface area contributed by atoms with Gasteiger partial charge in [-0.1, -0.05) is 20.8 Å². The first-order chi connectivity index (χ1) is 6.29. The quantitative estimate of drug-likeness (QED) is 0.412. The number of carboxylic acids is 2. The molecule has 4 nitrogen and oxygen atoms in total. The Hall–Kier alpha value is -1.32. The average Bonchev–Trinajstić information content (AvgIpc) is 2.01. The molecule has 0 bridgehead atoms. The SMILES string of the molecule is CC(=C(C(=O)O)C(=O)O)C(C)C(C)C. The Bertz CT molecular complexity index is 260. The van der Waals surface area contributed by atoms with Crippen LogP contribution in [0.4, 0.5) is 0 Å². The Morgan fingerprint density at radius 3 is 1.57 bits per heavy atom. The van der Waals surface area contributed by atoms with Gasteiger partial charge in [-0.3, -0.25) is 0 Å². The molecule has 0 fully saturated rings. The van der Waals surface area contributed by atoms with Crippen LogP contribution in [-0.4, -0.2) is 22.2 Å². The van der Waals surface area contributed by atoms with Crippen LogP contribution in [0.25, 0.3) is 0 Å². The molecule has 0 aliphatic carbocycles.